The fourth-order valence-electron chi connectivity index (χ4n) is 1.34. The van der Waals surface area contributed by atoms with Crippen molar-refractivity contribution in [2.45, 2.75) is 26.8 Å². The first kappa shape index (κ1) is 14.1. The standard InChI is InChI=1S/C12H20N4O2/c1-3-7-15-12(14-4-2)16-8-9-5-6-10(18-9)11(13)17/h5-6H,3-4,7-8H2,1-2H3,(H2,13,17)(H2,14,15,16). The molecule has 0 saturated carbocycles. The highest BCUT2D eigenvalue weighted by Gasteiger charge is 2.06. The SMILES string of the molecule is CCCNC(=NCc1ccc(C(N)=O)o1)NCC. The van der Waals surface area contributed by atoms with E-state index in [9.17, 15) is 4.79 Å². The Morgan fingerprint density at radius 1 is 1.39 bits per heavy atom. The van der Waals surface area contributed by atoms with Crippen molar-refractivity contribution in [3.8, 4) is 0 Å². The van der Waals surface area contributed by atoms with Gasteiger partial charge in [0.05, 0.1) is 0 Å². The van der Waals surface area contributed by atoms with Crippen LogP contribution >= 0.6 is 0 Å². The normalized spacial score (nSPS) is 11.3. The topological polar surface area (TPSA) is 92.6 Å². The molecule has 1 aromatic heterocycles. The highest BCUT2D eigenvalue weighted by Crippen LogP contribution is 2.08. The van der Waals surface area contributed by atoms with E-state index in [1.54, 1.807) is 12.1 Å². The highest BCUT2D eigenvalue weighted by atomic mass is 16.3. The fraction of sp³-hybridized carbons (Fsp3) is 0.500. The minimum absolute atomic E-state index is 0.159. The van der Waals surface area contributed by atoms with E-state index in [4.69, 9.17) is 10.2 Å². The Kier molecular flexibility index (Phi) is 5.76. The van der Waals surface area contributed by atoms with Gasteiger partial charge in [0, 0.05) is 13.1 Å². The number of nitrogens with zero attached hydrogens (tertiary/aromatic N) is 1. The van der Waals surface area contributed by atoms with Gasteiger partial charge >= 0.3 is 0 Å². The van der Waals surface area contributed by atoms with Crippen molar-refractivity contribution in [1.82, 2.24) is 10.6 Å². The second kappa shape index (κ2) is 7.37. The lowest BCUT2D eigenvalue weighted by Gasteiger charge is -2.09. The van der Waals surface area contributed by atoms with Crippen LogP contribution in [-0.4, -0.2) is 25.0 Å². The molecule has 0 spiro atoms. The van der Waals surface area contributed by atoms with Gasteiger partial charge in [0.15, 0.2) is 11.7 Å². The molecule has 1 amide bonds. The number of hydrogen-bond donors (Lipinski definition) is 3. The van der Waals surface area contributed by atoms with Gasteiger partial charge < -0.3 is 20.8 Å². The van der Waals surface area contributed by atoms with Crippen LogP contribution in [0.3, 0.4) is 0 Å². The van der Waals surface area contributed by atoms with Gasteiger partial charge in [0.2, 0.25) is 0 Å². The van der Waals surface area contributed by atoms with Crippen LogP contribution in [-0.2, 0) is 6.54 Å². The van der Waals surface area contributed by atoms with Gasteiger partial charge in [-0.05, 0) is 25.5 Å². The van der Waals surface area contributed by atoms with Crippen LogP contribution in [0.5, 0.6) is 0 Å². The molecule has 1 heterocycles. The second-order valence-electron chi connectivity index (χ2n) is 3.75. The summed E-state index contributed by atoms with van der Waals surface area (Å²) in [5.41, 5.74) is 5.10. The van der Waals surface area contributed by atoms with Gasteiger partial charge in [-0.1, -0.05) is 6.92 Å². The minimum atomic E-state index is -0.568. The van der Waals surface area contributed by atoms with Crippen LogP contribution < -0.4 is 16.4 Å². The zero-order chi connectivity index (χ0) is 13.4. The molecular formula is C12H20N4O2. The maximum atomic E-state index is 10.9. The number of furan rings is 1. The molecule has 0 saturated heterocycles. The Bertz CT molecular complexity index is 412. The highest BCUT2D eigenvalue weighted by molar-refractivity contribution is 5.89. The quantitative estimate of drug-likeness (QED) is 0.517. The third-order valence-electron chi connectivity index (χ3n) is 2.18. The summed E-state index contributed by atoms with van der Waals surface area (Å²) in [4.78, 5) is 15.2. The third-order valence-corrected chi connectivity index (χ3v) is 2.18. The summed E-state index contributed by atoms with van der Waals surface area (Å²) in [6, 6.07) is 3.26. The maximum Gasteiger partial charge on any atom is 0.284 e. The summed E-state index contributed by atoms with van der Waals surface area (Å²) >= 11 is 0. The van der Waals surface area contributed by atoms with Crippen molar-refractivity contribution in [2.24, 2.45) is 10.7 Å². The average molecular weight is 252 g/mol. The third kappa shape index (κ3) is 4.48. The molecule has 4 N–H and O–H groups in total. The Balaban J connectivity index is 2.59. The van der Waals surface area contributed by atoms with Crippen LogP contribution in [0, 0.1) is 0 Å². The molecule has 0 radical (unpaired) electrons. The van der Waals surface area contributed by atoms with Gasteiger partial charge in [0.1, 0.15) is 12.3 Å². The zero-order valence-corrected chi connectivity index (χ0v) is 10.8. The van der Waals surface area contributed by atoms with E-state index >= 15 is 0 Å². The van der Waals surface area contributed by atoms with Crippen molar-refractivity contribution in [3.63, 3.8) is 0 Å². The lowest BCUT2D eigenvalue weighted by Crippen LogP contribution is -2.37. The predicted molar refractivity (Wildman–Crippen MR) is 70.3 cm³/mol. The first-order valence-corrected chi connectivity index (χ1v) is 6.08. The monoisotopic (exact) mass is 252 g/mol. The molecule has 0 atom stereocenters. The largest absolute Gasteiger partial charge is 0.454 e. The maximum absolute atomic E-state index is 10.9. The Morgan fingerprint density at radius 2 is 2.17 bits per heavy atom. The summed E-state index contributed by atoms with van der Waals surface area (Å²) in [5.74, 6) is 0.932. The molecule has 0 aliphatic heterocycles. The van der Waals surface area contributed by atoms with E-state index in [1.165, 1.54) is 0 Å². The summed E-state index contributed by atoms with van der Waals surface area (Å²) in [5, 5.41) is 6.30. The summed E-state index contributed by atoms with van der Waals surface area (Å²) in [6.07, 6.45) is 1.02. The smallest absolute Gasteiger partial charge is 0.284 e. The molecular weight excluding hydrogens is 232 g/mol. The molecule has 6 nitrogen and oxygen atoms in total. The number of nitrogens with one attached hydrogen (secondary N) is 2. The molecule has 0 fully saturated rings. The van der Waals surface area contributed by atoms with Gasteiger partial charge in [-0.3, -0.25) is 4.79 Å². The summed E-state index contributed by atoms with van der Waals surface area (Å²) < 4.78 is 5.24. The van der Waals surface area contributed by atoms with E-state index < -0.39 is 5.91 Å². The predicted octanol–water partition coefficient (Wildman–Crippen LogP) is 0.844. The molecule has 6 heteroatoms. The van der Waals surface area contributed by atoms with E-state index in [0.717, 1.165) is 25.5 Å². The minimum Gasteiger partial charge on any atom is -0.454 e. The van der Waals surface area contributed by atoms with Gasteiger partial charge in [0.25, 0.3) is 5.91 Å². The summed E-state index contributed by atoms with van der Waals surface area (Å²) in [6.45, 7) is 6.10. The van der Waals surface area contributed by atoms with E-state index in [-0.39, 0.29) is 5.76 Å². The number of aliphatic imine (C=N–C) groups is 1. The van der Waals surface area contributed by atoms with Crippen LogP contribution in [0.1, 0.15) is 36.6 Å². The number of rotatable bonds is 6. The van der Waals surface area contributed by atoms with Crippen molar-refractivity contribution in [3.05, 3.63) is 23.7 Å². The Morgan fingerprint density at radius 3 is 2.72 bits per heavy atom. The molecule has 1 aromatic rings. The van der Waals surface area contributed by atoms with E-state index in [1.807, 2.05) is 6.92 Å². The number of carbonyl (C=O) groups excluding carboxylic acids is 1. The Labute approximate surface area is 107 Å². The molecule has 0 bridgehead atoms. The average Bonchev–Trinajstić information content (AvgIpc) is 2.81. The van der Waals surface area contributed by atoms with Gasteiger partial charge in [-0.25, -0.2) is 4.99 Å². The molecule has 0 aliphatic rings. The van der Waals surface area contributed by atoms with Crippen molar-refractivity contribution in [2.75, 3.05) is 13.1 Å². The van der Waals surface area contributed by atoms with Crippen molar-refractivity contribution < 1.29 is 9.21 Å². The fourth-order valence-corrected chi connectivity index (χ4v) is 1.34. The lowest BCUT2D eigenvalue weighted by atomic mass is 10.4. The molecule has 18 heavy (non-hydrogen) atoms. The molecule has 0 aliphatic carbocycles. The summed E-state index contributed by atoms with van der Waals surface area (Å²) in [7, 11) is 0. The number of amides is 1. The lowest BCUT2D eigenvalue weighted by molar-refractivity contribution is 0.0972. The number of nitrogens with two attached hydrogens (primary N) is 1. The Hall–Kier alpha value is -1.98. The molecule has 0 aromatic carbocycles. The van der Waals surface area contributed by atoms with E-state index in [0.29, 0.717) is 12.3 Å². The number of primary amides is 1. The van der Waals surface area contributed by atoms with Gasteiger partial charge in [-0.15, -0.1) is 0 Å². The molecule has 1 rings (SSSR count). The molecule has 100 valence electrons. The van der Waals surface area contributed by atoms with E-state index in [2.05, 4.69) is 22.5 Å². The number of hydrogen-bond acceptors (Lipinski definition) is 3. The first-order chi connectivity index (χ1) is 8.67. The molecule has 0 unspecified atom stereocenters. The van der Waals surface area contributed by atoms with Crippen molar-refractivity contribution >= 4 is 11.9 Å². The number of guanidine groups is 1. The van der Waals surface area contributed by atoms with Crippen molar-refractivity contribution in [1.29, 1.82) is 0 Å². The second-order valence-corrected chi connectivity index (χ2v) is 3.75. The number of carbonyl (C=O) groups is 1. The van der Waals surface area contributed by atoms with Gasteiger partial charge in [-0.2, -0.15) is 0 Å². The van der Waals surface area contributed by atoms with Crippen LogP contribution in [0.4, 0.5) is 0 Å². The van der Waals surface area contributed by atoms with Crippen LogP contribution in [0.2, 0.25) is 0 Å². The van der Waals surface area contributed by atoms with Crippen LogP contribution in [0.15, 0.2) is 21.5 Å². The zero-order valence-electron chi connectivity index (χ0n) is 10.8. The van der Waals surface area contributed by atoms with Crippen LogP contribution in [0.25, 0.3) is 0 Å². The first-order valence-electron chi connectivity index (χ1n) is 6.08.